The van der Waals surface area contributed by atoms with E-state index in [1.807, 2.05) is 36.4 Å². The molecule has 7 heteroatoms. The van der Waals surface area contributed by atoms with Crippen LogP contribution in [0.5, 0.6) is 0 Å². The van der Waals surface area contributed by atoms with Crippen LogP contribution in [0.2, 0.25) is 0 Å². The van der Waals surface area contributed by atoms with Crippen molar-refractivity contribution in [2.75, 3.05) is 28.7 Å². The number of nitrogens with two attached hydrogens (primary N) is 5. The van der Waals surface area contributed by atoms with E-state index in [1.165, 1.54) is 17.2 Å². The highest BCUT2D eigenvalue weighted by Crippen LogP contribution is 2.37. The van der Waals surface area contributed by atoms with E-state index in [2.05, 4.69) is 46.4 Å². The van der Waals surface area contributed by atoms with Gasteiger partial charge in [-0.25, -0.2) is 0 Å². The average molecular weight is 409 g/mol. The number of benzene rings is 4. The Bertz CT molecular complexity index is 1260. The van der Waals surface area contributed by atoms with Crippen LogP contribution in [0.15, 0.2) is 78.9 Å². The Morgan fingerprint density at radius 3 is 1.23 bits per heavy atom. The van der Waals surface area contributed by atoms with Crippen LogP contribution in [0.25, 0.3) is 32.7 Å². The summed E-state index contributed by atoms with van der Waals surface area (Å²) in [4.78, 5) is 7.20. The van der Waals surface area contributed by atoms with Crippen LogP contribution in [0, 0.1) is 0 Å². The standard InChI is InChI=1S/C20H16N2.C4H7N5/c21-19-11-9-15(13-5-1-3-7-17(13)19)16-10-12-20(22)18-8-4-2-6-14(16)18;5-2-1-3(6)9-4(7)8-2/h1-12H,21-22H2;1H,(H6,5,6,7,8,9). The molecule has 0 bridgehead atoms. The van der Waals surface area contributed by atoms with Crippen molar-refractivity contribution >= 4 is 50.5 Å². The van der Waals surface area contributed by atoms with Crippen LogP contribution in [0.4, 0.5) is 29.0 Å². The molecule has 31 heavy (non-hydrogen) atoms. The van der Waals surface area contributed by atoms with E-state index in [0.29, 0.717) is 11.6 Å². The predicted molar refractivity (Wildman–Crippen MR) is 131 cm³/mol. The SMILES string of the molecule is Nc1cc(N)nc(N)n1.Nc1ccc(-c2ccc(N)c3ccccc23)c2ccccc12. The van der Waals surface area contributed by atoms with E-state index in [0.717, 1.165) is 32.9 Å². The van der Waals surface area contributed by atoms with Crippen LogP contribution in [0.3, 0.4) is 0 Å². The van der Waals surface area contributed by atoms with Gasteiger partial charge in [0.05, 0.1) is 0 Å². The van der Waals surface area contributed by atoms with Crippen molar-refractivity contribution in [1.82, 2.24) is 9.97 Å². The van der Waals surface area contributed by atoms with E-state index >= 15 is 0 Å². The van der Waals surface area contributed by atoms with Gasteiger partial charge in [-0.05, 0) is 34.0 Å². The minimum Gasteiger partial charge on any atom is -0.398 e. The number of nitrogen functional groups attached to an aromatic ring is 5. The molecule has 0 fully saturated rings. The third-order valence-corrected chi connectivity index (χ3v) is 4.99. The van der Waals surface area contributed by atoms with Crippen LogP contribution in [0.1, 0.15) is 0 Å². The number of hydrogen-bond acceptors (Lipinski definition) is 7. The van der Waals surface area contributed by atoms with Gasteiger partial charge in [0.1, 0.15) is 11.6 Å². The van der Waals surface area contributed by atoms with E-state index in [1.54, 1.807) is 0 Å². The highest BCUT2D eigenvalue weighted by atomic mass is 15.1. The van der Waals surface area contributed by atoms with Gasteiger partial charge in [0, 0.05) is 28.2 Å². The minimum atomic E-state index is 0.104. The lowest BCUT2D eigenvalue weighted by atomic mass is 9.93. The summed E-state index contributed by atoms with van der Waals surface area (Å²) < 4.78 is 0. The first-order valence-electron chi connectivity index (χ1n) is 9.64. The molecule has 7 nitrogen and oxygen atoms in total. The first kappa shape index (κ1) is 19.8. The second-order valence-electron chi connectivity index (χ2n) is 7.07. The molecule has 5 aromatic rings. The van der Waals surface area contributed by atoms with Gasteiger partial charge >= 0.3 is 0 Å². The Balaban J connectivity index is 0.000000217. The molecule has 0 saturated carbocycles. The summed E-state index contributed by atoms with van der Waals surface area (Å²) in [6.45, 7) is 0. The monoisotopic (exact) mass is 409 g/mol. The molecule has 1 aromatic heterocycles. The molecule has 1 heterocycles. The van der Waals surface area contributed by atoms with Crippen molar-refractivity contribution in [2.24, 2.45) is 0 Å². The van der Waals surface area contributed by atoms with Crippen LogP contribution in [-0.4, -0.2) is 9.97 Å². The van der Waals surface area contributed by atoms with Crippen molar-refractivity contribution in [1.29, 1.82) is 0 Å². The van der Waals surface area contributed by atoms with Gasteiger partial charge in [0.2, 0.25) is 5.95 Å². The summed E-state index contributed by atoms with van der Waals surface area (Å²) in [5.74, 6) is 0.688. The fourth-order valence-electron chi connectivity index (χ4n) is 3.62. The molecule has 5 rings (SSSR count). The number of anilines is 5. The molecule has 154 valence electrons. The number of nitrogens with zero attached hydrogens (tertiary/aromatic N) is 2. The molecule has 4 aromatic carbocycles. The van der Waals surface area contributed by atoms with Crippen molar-refractivity contribution in [2.45, 2.75) is 0 Å². The summed E-state index contributed by atoms with van der Waals surface area (Å²) in [5, 5.41) is 4.50. The smallest absolute Gasteiger partial charge is 0.223 e. The molecule has 0 aliphatic carbocycles. The van der Waals surface area contributed by atoms with Gasteiger partial charge in [0.25, 0.3) is 0 Å². The molecule has 0 unspecified atom stereocenters. The second-order valence-corrected chi connectivity index (χ2v) is 7.07. The summed E-state index contributed by atoms with van der Waals surface area (Å²) >= 11 is 0. The van der Waals surface area contributed by atoms with E-state index in [4.69, 9.17) is 28.7 Å². The molecule has 0 saturated heterocycles. The molecule has 10 N–H and O–H groups in total. The lowest BCUT2D eigenvalue weighted by Gasteiger charge is -2.13. The van der Waals surface area contributed by atoms with Crippen LogP contribution >= 0.6 is 0 Å². The van der Waals surface area contributed by atoms with Crippen LogP contribution in [-0.2, 0) is 0 Å². The Hall–Kier alpha value is -4.52. The fourth-order valence-corrected chi connectivity index (χ4v) is 3.62. The lowest BCUT2D eigenvalue weighted by Crippen LogP contribution is -2.01. The van der Waals surface area contributed by atoms with Gasteiger partial charge in [-0.15, -0.1) is 0 Å². The Morgan fingerprint density at radius 2 is 0.839 bits per heavy atom. The summed E-state index contributed by atoms with van der Waals surface area (Å²) in [5.41, 5.74) is 31.9. The summed E-state index contributed by atoms with van der Waals surface area (Å²) in [7, 11) is 0. The lowest BCUT2D eigenvalue weighted by molar-refractivity contribution is 1.20. The third kappa shape index (κ3) is 3.97. The number of hydrogen-bond donors (Lipinski definition) is 5. The highest BCUT2D eigenvalue weighted by molar-refractivity contribution is 6.10. The second kappa shape index (κ2) is 8.08. The Morgan fingerprint density at radius 1 is 0.452 bits per heavy atom. The zero-order chi connectivity index (χ0) is 22.0. The quantitative estimate of drug-likeness (QED) is 0.261. The van der Waals surface area contributed by atoms with Crippen LogP contribution < -0.4 is 28.7 Å². The maximum absolute atomic E-state index is 6.12. The summed E-state index contributed by atoms with van der Waals surface area (Å²) in [6.07, 6.45) is 0. The summed E-state index contributed by atoms with van der Waals surface area (Å²) in [6, 6.07) is 26.1. The van der Waals surface area contributed by atoms with Crippen molar-refractivity contribution in [3.63, 3.8) is 0 Å². The van der Waals surface area contributed by atoms with Gasteiger partial charge in [-0.3, -0.25) is 0 Å². The van der Waals surface area contributed by atoms with E-state index < -0.39 is 0 Å². The normalized spacial score (nSPS) is 10.6. The maximum Gasteiger partial charge on any atom is 0.223 e. The van der Waals surface area contributed by atoms with Crippen molar-refractivity contribution in [3.05, 3.63) is 78.9 Å². The zero-order valence-electron chi connectivity index (χ0n) is 16.8. The van der Waals surface area contributed by atoms with Gasteiger partial charge in [-0.2, -0.15) is 9.97 Å². The van der Waals surface area contributed by atoms with Crippen molar-refractivity contribution < 1.29 is 0 Å². The topological polar surface area (TPSA) is 156 Å². The Labute approximate surface area is 179 Å². The van der Waals surface area contributed by atoms with Gasteiger partial charge in [-0.1, -0.05) is 60.7 Å². The average Bonchev–Trinajstić information content (AvgIpc) is 2.75. The Kier molecular flexibility index (Phi) is 5.15. The molecule has 0 spiro atoms. The molecule has 0 amide bonds. The molecule has 0 aliphatic heterocycles. The van der Waals surface area contributed by atoms with Crippen molar-refractivity contribution in [3.8, 4) is 11.1 Å². The van der Waals surface area contributed by atoms with Gasteiger partial charge in [0.15, 0.2) is 0 Å². The minimum absolute atomic E-state index is 0.104. The maximum atomic E-state index is 6.12. The molecule has 0 aliphatic rings. The number of fused-ring (bicyclic) bond motifs is 2. The number of aromatic nitrogens is 2. The molecular formula is C24H23N7. The largest absolute Gasteiger partial charge is 0.398 e. The number of rotatable bonds is 1. The first-order chi connectivity index (χ1) is 14.9. The molecule has 0 radical (unpaired) electrons. The van der Waals surface area contributed by atoms with Gasteiger partial charge < -0.3 is 28.7 Å². The third-order valence-electron chi connectivity index (χ3n) is 4.99. The van der Waals surface area contributed by atoms with E-state index in [9.17, 15) is 0 Å². The molecular weight excluding hydrogens is 386 g/mol. The zero-order valence-corrected chi connectivity index (χ0v) is 16.8. The first-order valence-corrected chi connectivity index (χ1v) is 9.64. The predicted octanol–water partition coefficient (Wildman–Crippen LogP) is 4.05. The van der Waals surface area contributed by atoms with E-state index in [-0.39, 0.29) is 5.95 Å². The highest BCUT2D eigenvalue weighted by Gasteiger charge is 2.10. The fraction of sp³-hybridized carbons (Fsp3) is 0. The molecule has 0 atom stereocenters.